The van der Waals surface area contributed by atoms with Crippen LogP contribution < -0.4 is 14.8 Å². The van der Waals surface area contributed by atoms with Crippen molar-refractivity contribution in [2.24, 2.45) is 0 Å². The molecule has 1 atom stereocenters. The van der Waals surface area contributed by atoms with Gasteiger partial charge in [0.25, 0.3) is 5.91 Å². The van der Waals surface area contributed by atoms with Crippen molar-refractivity contribution in [3.8, 4) is 11.5 Å². The molecule has 0 unspecified atom stereocenters. The molecule has 1 N–H and O–H groups in total. The van der Waals surface area contributed by atoms with Crippen LogP contribution in [0.1, 0.15) is 61.0 Å². The van der Waals surface area contributed by atoms with Gasteiger partial charge in [0.2, 0.25) is 10.0 Å². The zero-order valence-corrected chi connectivity index (χ0v) is 19.8. The van der Waals surface area contributed by atoms with E-state index in [0.717, 1.165) is 37.0 Å². The summed E-state index contributed by atoms with van der Waals surface area (Å²) in [5, 5.41) is 3.01. The van der Waals surface area contributed by atoms with Crippen molar-refractivity contribution in [3.63, 3.8) is 0 Å². The minimum Gasteiger partial charge on any atom is -0.497 e. The van der Waals surface area contributed by atoms with Gasteiger partial charge in [-0.15, -0.1) is 0 Å². The lowest BCUT2D eigenvalue weighted by Crippen LogP contribution is -2.32. The van der Waals surface area contributed by atoms with E-state index >= 15 is 0 Å². The van der Waals surface area contributed by atoms with Crippen LogP contribution in [0.15, 0.2) is 47.4 Å². The lowest BCUT2D eigenvalue weighted by molar-refractivity contribution is 0.0932. The average Bonchev–Trinajstić information content (AvgIpc) is 3.12. The number of nitrogens with zero attached hydrogens (tertiary/aromatic N) is 1. The Hall–Kier alpha value is -2.58. The molecule has 2 aromatic rings. The standard InChI is InChI=1S/C24H32N2O5S/c1-4-22(18-9-11-19(30-2)12-10-18)25-24(27)21-17-20(13-14-23(21)31-3)32(28,29)26-15-7-5-6-8-16-26/h9-14,17,22H,4-8,15-16H2,1-3H3,(H,25,27)/t22-/m1/s1. The summed E-state index contributed by atoms with van der Waals surface area (Å²) in [4.78, 5) is 13.3. The maximum atomic E-state index is 13.2. The Bertz CT molecular complexity index is 1010. The first-order valence-electron chi connectivity index (χ1n) is 11.0. The van der Waals surface area contributed by atoms with Crippen LogP contribution in [0.25, 0.3) is 0 Å². The van der Waals surface area contributed by atoms with Crippen LogP contribution in [0, 0.1) is 0 Å². The van der Waals surface area contributed by atoms with Crippen LogP contribution in [0.2, 0.25) is 0 Å². The van der Waals surface area contributed by atoms with Crippen molar-refractivity contribution in [2.45, 2.75) is 50.0 Å². The Morgan fingerprint density at radius 1 is 1.00 bits per heavy atom. The molecule has 0 aromatic heterocycles. The van der Waals surface area contributed by atoms with Crippen LogP contribution in [0.3, 0.4) is 0 Å². The molecule has 1 heterocycles. The van der Waals surface area contributed by atoms with Crippen LogP contribution in [-0.2, 0) is 10.0 Å². The molecular weight excluding hydrogens is 428 g/mol. The monoisotopic (exact) mass is 460 g/mol. The third-order valence-electron chi connectivity index (χ3n) is 5.85. The van der Waals surface area contributed by atoms with Crippen molar-refractivity contribution in [1.82, 2.24) is 9.62 Å². The molecule has 3 rings (SSSR count). The van der Waals surface area contributed by atoms with Gasteiger partial charge in [0.05, 0.1) is 30.7 Å². The van der Waals surface area contributed by atoms with E-state index in [-0.39, 0.29) is 22.4 Å². The van der Waals surface area contributed by atoms with Gasteiger partial charge in [0.1, 0.15) is 11.5 Å². The van der Waals surface area contributed by atoms with Gasteiger partial charge in [-0.2, -0.15) is 4.31 Å². The molecule has 0 radical (unpaired) electrons. The highest BCUT2D eigenvalue weighted by Crippen LogP contribution is 2.27. The van der Waals surface area contributed by atoms with Crippen LogP contribution in [-0.4, -0.2) is 45.9 Å². The molecule has 2 aromatic carbocycles. The highest BCUT2D eigenvalue weighted by Gasteiger charge is 2.27. The molecule has 7 nitrogen and oxygen atoms in total. The van der Waals surface area contributed by atoms with E-state index < -0.39 is 10.0 Å². The molecular formula is C24H32N2O5S. The lowest BCUT2D eigenvalue weighted by atomic mass is 10.0. The maximum Gasteiger partial charge on any atom is 0.255 e. The van der Waals surface area contributed by atoms with E-state index in [9.17, 15) is 13.2 Å². The van der Waals surface area contributed by atoms with E-state index in [2.05, 4.69) is 5.32 Å². The second-order valence-corrected chi connectivity index (χ2v) is 9.83. The Kier molecular flexibility index (Phi) is 8.15. The maximum absolute atomic E-state index is 13.2. The fraction of sp³-hybridized carbons (Fsp3) is 0.458. The normalized spacial score (nSPS) is 16.1. The fourth-order valence-corrected chi connectivity index (χ4v) is 5.49. The van der Waals surface area contributed by atoms with Crippen LogP contribution >= 0.6 is 0 Å². The minimum absolute atomic E-state index is 0.114. The lowest BCUT2D eigenvalue weighted by Gasteiger charge is -2.22. The number of amides is 1. The Morgan fingerprint density at radius 2 is 1.66 bits per heavy atom. The zero-order valence-electron chi connectivity index (χ0n) is 19.0. The van der Waals surface area contributed by atoms with Gasteiger partial charge in [0.15, 0.2) is 0 Å². The van der Waals surface area contributed by atoms with Gasteiger partial charge >= 0.3 is 0 Å². The first-order valence-corrected chi connectivity index (χ1v) is 12.5. The summed E-state index contributed by atoms with van der Waals surface area (Å²) in [7, 11) is -0.604. The third-order valence-corrected chi connectivity index (χ3v) is 7.74. The third kappa shape index (κ3) is 5.42. The number of carbonyl (C=O) groups is 1. The molecule has 1 aliphatic rings. The Morgan fingerprint density at radius 3 is 2.22 bits per heavy atom. The number of benzene rings is 2. The molecule has 8 heteroatoms. The number of rotatable bonds is 8. The van der Waals surface area contributed by atoms with Crippen molar-refractivity contribution in [1.29, 1.82) is 0 Å². The molecule has 32 heavy (non-hydrogen) atoms. The van der Waals surface area contributed by atoms with Crippen molar-refractivity contribution >= 4 is 15.9 Å². The summed E-state index contributed by atoms with van der Waals surface area (Å²) in [6.45, 7) is 2.99. The van der Waals surface area contributed by atoms with Gasteiger partial charge < -0.3 is 14.8 Å². The zero-order chi connectivity index (χ0) is 23.1. The number of nitrogens with one attached hydrogen (secondary N) is 1. The van der Waals surface area contributed by atoms with Crippen molar-refractivity contribution in [2.75, 3.05) is 27.3 Å². The highest BCUT2D eigenvalue weighted by molar-refractivity contribution is 7.89. The molecule has 1 aliphatic heterocycles. The molecule has 0 bridgehead atoms. The van der Waals surface area contributed by atoms with Gasteiger partial charge in [-0.1, -0.05) is 31.9 Å². The SMILES string of the molecule is CC[C@@H](NC(=O)c1cc(S(=O)(=O)N2CCCCCC2)ccc1OC)c1ccc(OC)cc1. The van der Waals surface area contributed by atoms with E-state index in [1.54, 1.807) is 13.2 Å². The van der Waals surface area contributed by atoms with Crippen molar-refractivity contribution in [3.05, 3.63) is 53.6 Å². The number of hydrogen-bond donors (Lipinski definition) is 1. The summed E-state index contributed by atoms with van der Waals surface area (Å²) < 4.78 is 38.5. The second kappa shape index (κ2) is 10.8. The topological polar surface area (TPSA) is 84.9 Å². The smallest absolute Gasteiger partial charge is 0.255 e. The van der Waals surface area contributed by atoms with E-state index in [1.807, 2.05) is 31.2 Å². The largest absolute Gasteiger partial charge is 0.497 e. The van der Waals surface area contributed by atoms with Gasteiger partial charge in [-0.05, 0) is 55.2 Å². The predicted octanol–water partition coefficient (Wildman–Crippen LogP) is 4.15. The van der Waals surface area contributed by atoms with Crippen molar-refractivity contribution < 1.29 is 22.7 Å². The van der Waals surface area contributed by atoms with Gasteiger partial charge in [0, 0.05) is 13.1 Å². The van der Waals surface area contributed by atoms with Crippen LogP contribution in [0.4, 0.5) is 0 Å². The summed E-state index contributed by atoms with van der Waals surface area (Å²) in [5.41, 5.74) is 1.14. The molecule has 1 saturated heterocycles. The minimum atomic E-state index is -3.68. The number of ether oxygens (including phenoxy) is 2. The summed E-state index contributed by atoms with van der Waals surface area (Å²) in [6.07, 6.45) is 4.44. The van der Waals surface area contributed by atoms with Gasteiger partial charge in [-0.25, -0.2) is 8.42 Å². The highest BCUT2D eigenvalue weighted by atomic mass is 32.2. The van der Waals surface area contributed by atoms with Gasteiger partial charge in [-0.3, -0.25) is 4.79 Å². The number of methoxy groups -OCH3 is 2. The predicted molar refractivity (Wildman–Crippen MR) is 124 cm³/mol. The molecule has 0 aliphatic carbocycles. The molecule has 1 fully saturated rings. The second-order valence-electron chi connectivity index (χ2n) is 7.89. The number of sulfonamides is 1. The Labute approximate surface area is 190 Å². The van der Waals surface area contributed by atoms with E-state index in [0.29, 0.717) is 25.3 Å². The Balaban J connectivity index is 1.87. The number of carbonyl (C=O) groups excluding carboxylic acids is 1. The fourth-order valence-electron chi connectivity index (χ4n) is 3.95. The molecule has 0 saturated carbocycles. The van der Waals surface area contributed by atoms with E-state index in [4.69, 9.17) is 9.47 Å². The average molecular weight is 461 g/mol. The first kappa shape index (κ1) is 24.1. The summed E-state index contributed by atoms with van der Waals surface area (Å²) >= 11 is 0. The quantitative estimate of drug-likeness (QED) is 0.640. The molecule has 0 spiro atoms. The summed E-state index contributed by atoms with van der Waals surface area (Å²) in [5.74, 6) is 0.697. The van der Waals surface area contributed by atoms with Crippen LogP contribution in [0.5, 0.6) is 11.5 Å². The summed E-state index contributed by atoms with van der Waals surface area (Å²) in [6, 6.07) is 11.8. The molecule has 1 amide bonds. The number of hydrogen-bond acceptors (Lipinski definition) is 5. The first-order chi connectivity index (χ1) is 15.4. The van der Waals surface area contributed by atoms with E-state index in [1.165, 1.54) is 23.5 Å². The molecule has 174 valence electrons.